The molecule has 4 nitrogen and oxygen atoms in total. The monoisotopic (exact) mass is 368 g/mol. The molecule has 1 N–H and O–H groups in total. The van der Waals surface area contributed by atoms with E-state index in [1.54, 1.807) is 0 Å². The third kappa shape index (κ3) is 2.45. The standard InChI is InChI=1S/C23H28O4/c24-22(20-12-19-4-5-21(20)26-19)27-18-3-1-2-15(11-18)23(25)16-7-13-6-14(9-16)10-17(23)8-13/h1-3,11,13-14,16-17,19-21,25H,4-10,12H2. The van der Waals surface area contributed by atoms with Crippen molar-refractivity contribution in [2.45, 2.75) is 69.2 Å². The Balaban J connectivity index is 1.24. The number of fused-ring (bicyclic) bond motifs is 2. The SMILES string of the molecule is O=C(Oc1cccc(C2(O)C3CC4CC(C3)CC2C4)c1)C1CC2CCC1O2. The van der Waals surface area contributed by atoms with Crippen LogP contribution in [0, 0.1) is 29.6 Å². The Labute approximate surface area is 160 Å². The molecule has 0 amide bonds. The van der Waals surface area contributed by atoms with E-state index in [1.165, 1.54) is 6.42 Å². The van der Waals surface area contributed by atoms with E-state index in [9.17, 15) is 9.90 Å². The summed E-state index contributed by atoms with van der Waals surface area (Å²) in [6.07, 6.45) is 9.08. The van der Waals surface area contributed by atoms with E-state index < -0.39 is 5.60 Å². The van der Waals surface area contributed by atoms with Gasteiger partial charge in [-0.3, -0.25) is 4.79 Å². The van der Waals surface area contributed by atoms with Gasteiger partial charge in [-0.05, 0) is 92.7 Å². The highest BCUT2D eigenvalue weighted by Gasteiger charge is 2.57. The summed E-state index contributed by atoms with van der Waals surface area (Å²) in [5, 5.41) is 11.8. The van der Waals surface area contributed by atoms with Crippen LogP contribution in [-0.4, -0.2) is 23.3 Å². The first-order valence-electron chi connectivity index (χ1n) is 10.8. The van der Waals surface area contributed by atoms with E-state index in [1.807, 2.05) is 24.3 Å². The van der Waals surface area contributed by atoms with Gasteiger partial charge in [0.25, 0.3) is 0 Å². The number of hydrogen-bond acceptors (Lipinski definition) is 4. The average Bonchev–Trinajstić information content (AvgIpc) is 3.29. The van der Waals surface area contributed by atoms with Crippen molar-refractivity contribution in [3.63, 3.8) is 0 Å². The zero-order chi connectivity index (χ0) is 18.2. The number of rotatable bonds is 3. The first kappa shape index (κ1) is 16.6. The Hall–Kier alpha value is -1.39. The molecule has 3 unspecified atom stereocenters. The molecular weight excluding hydrogens is 340 g/mol. The first-order valence-corrected chi connectivity index (χ1v) is 10.8. The van der Waals surface area contributed by atoms with Gasteiger partial charge in [0.15, 0.2) is 0 Å². The van der Waals surface area contributed by atoms with Crippen molar-refractivity contribution in [2.75, 3.05) is 0 Å². The van der Waals surface area contributed by atoms with Gasteiger partial charge in [-0.1, -0.05) is 12.1 Å². The lowest BCUT2D eigenvalue weighted by Crippen LogP contribution is -2.55. The van der Waals surface area contributed by atoms with Crippen LogP contribution >= 0.6 is 0 Å². The van der Waals surface area contributed by atoms with Gasteiger partial charge >= 0.3 is 5.97 Å². The van der Waals surface area contributed by atoms with Crippen LogP contribution in [-0.2, 0) is 15.1 Å². The number of ether oxygens (including phenoxy) is 2. The molecular formula is C23H28O4. The molecule has 4 heteroatoms. The minimum absolute atomic E-state index is 0.0410. The van der Waals surface area contributed by atoms with Crippen molar-refractivity contribution >= 4 is 5.97 Å². The molecule has 6 aliphatic rings. The van der Waals surface area contributed by atoms with Gasteiger partial charge in [0.05, 0.1) is 23.7 Å². The summed E-state index contributed by atoms with van der Waals surface area (Å²) in [7, 11) is 0. The molecule has 2 heterocycles. The van der Waals surface area contributed by atoms with Gasteiger partial charge < -0.3 is 14.6 Å². The fourth-order valence-corrected chi connectivity index (χ4v) is 7.26. The maximum Gasteiger partial charge on any atom is 0.317 e. The molecule has 2 aliphatic heterocycles. The summed E-state index contributed by atoms with van der Waals surface area (Å²) in [4.78, 5) is 12.7. The smallest absolute Gasteiger partial charge is 0.317 e. The van der Waals surface area contributed by atoms with E-state index in [0.717, 1.165) is 62.3 Å². The zero-order valence-electron chi connectivity index (χ0n) is 15.7. The average molecular weight is 368 g/mol. The number of carbonyl (C=O) groups excluding carboxylic acids is 1. The van der Waals surface area contributed by atoms with Crippen LogP contribution in [0.5, 0.6) is 5.75 Å². The quantitative estimate of drug-likeness (QED) is 0.651. The third-order valence-electron chi connectivity index (χ3n) is 8.31. The summed E-state index contributed by atoms with van der Waals surface area (Å²) in [5.41, 5.74) is 0.205. The van der Waals surface area contributed by atoms with E-state index in [0.29, 0.717) is 17.6 Å². The number of aliphatic hydroxyl groups is 1. The Morgan fingerprint density at radius 3 is 2.41 bits per heavy atom. The van der Waals surface area contributed by atoms with Gasteiger partial charge in [0, 0.05) is 0 Å². The van der Waals surface area contributed by atoms with Crippen LogP contribution in [0.25, 0.3) is 0 Å². The highest BCUT2D eigenvalue weighted by Crippen LogP contribution is 2.61. The van der Waals surface area contributed by atoms with Crippen molar-refractivity contribution in [2.24, 2.45) is 29.6 Å². The number of carbonyl (C=O) groups is 1. The van der Waals surface area contributed by atoms with Crippen molar-refractivity contribution in [3.05, 3.63) is 29.8 Å². The summed E-state index contributed by atoms with van der Waals surface area (Å²) in [6.45, 7) is 0. The van der Waals surface area contributed by atoms with Crippen LogP contribution in [0.2, 0.25) is 0 Å². The van der Waals surface area contributed by atoms with Crippen molar-refractivity contribution in [1.82, 2.24) is 0 Å². The highest BCUT2D eigenvalue weighted by atomic mass is 16.5. The van der Waals surface area contributed by atoms with Crippen LogP contribution in [0.4, 0.5) is 0 Å². The molecule has 3 atom stereocenters. The lowest BCUT2D eigenvalue weighted by atomic mass is 9.48. The second kappa shape index (κ2) is 5.81. The maximum absolute atomic E-state index is 12.7. The predicted molar refractivity (Wildman–Crippen MR) is 99.0 cm³/mol. The van der Waals surface area contributed by atoms with Crippen LogP contribution in [0.1, 0.15) is 56.9 Å². The molecule has 4 saturated carbocycles. The molecule has 144 valence electrons. The van der Waals surface area contributed by atoms with Crippen LogP contribution in [0.3, 0.4) is 0 Å². The number of hydrogen-bond donors (Lipinski definition) is 1. The molecule has 1 aromatic carbocycles. The normalized spacial score (nSPS) is 46.8. The number of benzene rings is 1. The van der Waals surface area contributed by atoms with Gasteiger partial charge in [0.2, 0.25) is 0 Å². The number of esters is 1. The minimum Gasteiger partial charge on any atom is -0.426 e. The van der Waals surface area contributed by atoms with Gasteiger partial charge in [-0.2, -0.15) is 0 Å². The molecule has 6 bridgehead atoms. The summed E-state index contributed by atoms with van der Waals surface area (Å²) in [5.74, 6) is 2.62. The minimum atomic E-state index is -0.745. The molecule has 27 heavy (non-hydrogen) atoms. The van der Waals surface area contributed by atoms with Crippen LogP contribution in [0.15, 0.2) is 24.3 Å². The second-order valence-electron chi connectivity index (χ2n) is 9.79. The van der Waals surface area contributed by atoms with Crippen molar-refractivity contribution < 1.29 is 19.4 Å². The summed E-state index contributed by atoms with van der Waals surface area (Å²) < 4.78 is 11.6. The molecule has 6 fully saturated rings. The highest BCUT2D eigenvalue weighted by molar-refractivity contribution is 5.76. The van der Waals surface area contributed by atoms with Crippen molar-refractivity contribution in [1.29, 1.82) is 0 Å². The molecule has 0 spiro atoms. The lowest BCUT2D eigenvalue weighted by Gasteiger charge is -2.59. The first-order chi connectivity index (χ1) is 13.1. The van der Waals surface area contributed by atoms with Crippen molar-refractivity contribution in [3.8, 4) is 5.75 Å². The molecule has 1 aromatic rings. The molecule has 0 aromatic heterocycles. The predicted octanol–water partition coefficient (Wildman–Crippen LogP) is 3.80. The van der Waals surface area contributed by atoms with Crippen LogP contribution < -0.4 is 4.74 Å². The van der Waals surface area contributed by atoms with E-state index in [4.69, 9.17) is 9.47 Å². The van der Waals surface area contributed by atoms with Gasteiger partial charge in [-0.15, -0.1) is 0 Å². The fraction of sp³-hybridized carbons (Fsp3) is 0.696. The Morgan fingerprint density at radius 2 is 1.78 bits per heavy atom. The molecule has 4 aliphatic carbocycles. The largest absolute Gasteiger partial charge is 0.426 e. The third-order valence-corrected chi connectivity index (χ3v) is 8.31. The van der Waals surface area contributed by atoms with Gasteiger partial charge in [-0.25, -0.2) is 0 Å². The molecule has 0 radical (unpaired) electrons. The molecule has 7 rings (SSSR count). The second-order valence-corrected chi connectivity index (χ2v) is 9.79. The van der Waals surface area contributed by atoms with Gasteiger partial charge in [0.1, 0.15) is 5.75 Å². The zero-order valence-corrected chi connectivity index (χ0v) is 15.7. The Kier molecular flexibility index (Phi) is 3.56. The lowest BCUT2D eigenvalue weighted by molar-refractivity contribution is -0.179. The fourth-order valence-electron chi connectivity index (χ4n) is 7.26. The van der Waals surface area contributed by atoms with E-state index in [-0.39, 0.29) is 24.1 Å². The Bertz CT molecular complexity index is 743. The maximum atomic E-state index is 12.7. The molecule has 2 saturated heterocycles. The topological polar surface area (TPSA) is 55.8 Å². The van der Waals surface area contributed by atoms with E-state index >= 15 is 0 Å². The summed E-state index contributed by atoms with van der Waals surface area (Å²) in [6, 6.07) is 7.72. The Morgan fingerprint density at radius 1 is 1.04 bits per heavy atom. The summed E-state index contributed by atoms with van der Waals surface area (Å²) >= 11 is 0. The van der Waals surface area contributed by atoms with E-state index in [2.05, 4.69) is 0 Å².